The Morgan fingerprint density at radius 2 is 1.88 bits per heavy atom. The van der Waals surface area contributed by atoms with Gasteiger partial charge in [0.25, 0.3) is 5.91 Å². The maximum absolute atomic E-state index is 12.8. The molecule has 2 heterocycles. The molecule has 0 N–H and O–H groups in total. The highest BCUT2D eigenvalue weighted by atomic mass is 16.5. The molecule has 0 aliphatic carbocycles. The zero-order chi connectivity index (χ0) is 18.3. The first-order chi connectivity index (χ1) is 12.6. The highest BCUT2D eigenvalue weighted by molar-refractivity contribution is 6.19. The summed E-state index contributed by atoms with van der Waals surface area (Å²) in [4.78, 5) is 27.9. The second-order valence-corrected chi connectivity index (χ2v) is 6.09. The van der Waals surface area contributed by atoms with Crippen LogP contribution in [0.1, 0.15) is 11.1 Å². The minimum atomic E-state index is -0.491. The van der Waals surface area contributed by atoms with Crippen molar-refractivity contribution in [3.63, 3.8) is 0 Å². The fourth-order valence-electron chi connectivity index (χ4n) is 3.52. The van der Waals surface area contributed by atoms with Crippen LogP contribution in [0.4, 0.5) is 16.2 Å². The third kappa shape index (κ3) is 2.40. The number of rotatable bonds is 1. The van der Waals surface area contributed by atoms with E-state index in [0.29, 0.717) is 35.7 Å². The van der Waals surface area contributed by atoms with Gasteiger partial charge in [-0.2, -0.15) is 4.74 Å². The number of hydrogen-bond acceptors (Lipinski definition) is 4. The lowest BCUT2D eigenvalue weighted by molar-refractivity contribution is -0.443. The second-order valence-electron chi connectivity index (χ2n) is 6.09. The summed E-state index contributed by atoms with van der Waals surface area (Å²) in [5, 5.41) is 12.8. The molecule has 0 bridgehead atoms. The number of carbonyl (C=O) groups excluding carboxylic acids is 2. The quantitative estimate of drug-likeness (QED) is 0.581. The number of para-hydroxylation sites is 1. The molecular weight excluding hydrogens is 334 g/mol. The maximum Gasteiger partial charge on any atom is 0.414 e. The average Bonchev–Trinajstić information content (AvgIpc) is 2.77. The van der Waals surface area contributed by atoms with Crippen molar-refractivity contribution in [2.45, 2.75) is 0 Å². The van der Waals surface area contributed by atoms with Crippen molar-refractivity contribution in [1.29, 1.82) is 0 Å². The molecule has 0 radical (unpaired) electrons. The van der Waals surface area contributed by atoms with E-state index in [1.165, 1.54) is 12.0 Å². The van der Waals surface area contributed by atoms with E-state index < -0.39 is 6.09 Å². The first-order valence-electron chi connectivity index (χ1n) is 8.28. The van der Waals surface area contributed by atoms with Gasteiger partial charge in [-0.1, -0.05) is 24.3 Å². The fourth-order valence-corrected chi connectivity index (χ4v) is 3.52. The van der Waals surface area contributed by atoms with Gasteiger partial charge in [-0.15, -0.1) is 0 Å². The predicted molar refractivity (Wildman–Crippen MR) is 96.7 cm³/mol. The lowest BCUT2D eigenvalue weighted by Crippen LogP contribution is -2.47. The fraction of sp³-hybridized carbons (Fsp3) is 0.211. The van der Waals surface area contributed by atoms with Crippen LogP contribution in [-0.4, -0.2) is 49.2 Å². The summed E-state index contributed by atoms with van der Waals surface area (Å²) >= 11 is 0. The SMILES string of the molecule is COC(=O)N1CCN2C(=O)C[N+]([O-])=C(c3ccccc3)c3cccc1c32. The van der Waals surface area contributed by atoms with E-state index in [-0.39, 0.29) is 12.5 Å². The van der Waals surface area contributed by atoms with Crippen LogP contribution in [0.5, 0.6) is 0 Å². The van der Waals surface area contributed by atoms with E-state index >= 15 is 0 Å². The first-order valence-corrected chi connectivity index (χ1v) is 8.28. The molecule has 2 amide bonds. The number of methoxy groups -OCH3 is 1. The Bertz CT molecular complexity index is 924. The van der Waals surface area contributed by atoms with E-state index in [1.54, 1.807) is 23.1 Å². The van der Waals surface area contributed by atoms with Crippen LogP contribution >= 0.6 is 0 Å². The van der Waals surface area contributed by atoms with Gasteiger partial charge in [0.1, 0.15) is 0 Å². The number of amides is 2. The Kier molecular flexibility index (Phi) is 3.84. The Labute approximate surface area is 150 Å². The normalized spacial score (nSPS) is 16.3. The molecule has 7 nitrogen and oxygen atoms in total. The highest BCUT2D eigenvalue weighted by Gasteiger charge is 2.38. The van der Waals surface area contributed by atoms with Crippen LogP contribution in [0.3, 0.4) is 0 Å². The largest absolute Gasteiger partial charge is 0.623 e. The number of hydrogen-bond donors (Lipinski definition) is 0. The molecular formula is C19H17N3O4. The molecule has 0 saturated heterocycles. The van der Waals surface area contributed by atoms with Gasteiger partial charge >= 0.3 is 6.09 Å². The first kappa shape index (κ1) is 16.1. The number of nitrogens with zero attached hydrogens (tertiary/aromatic N) is 3. The van der Waals surface area contributed by atoms with Crippen LogP contribution in [0, 0.1) is 5.21 Å². The van der Waals surface area contributed by atoms with Gasteiger partial charge in [0.05, 0.1) is 24.0 Å². The van der Waals surface area contributed by atoms with Crippen molar-refractivity contribution < 1.29 is 19.1 Å². The Hall–Kier alpha value is -3.35. The van der Waals surface area contributed by atoms with Crippen LogP contribution in [-0.2, 0) is 9.53 Å². The Morgan fingerprint density at radius 3 is 2.62 bits per heavy atom. The molecule has 0 atom stereocenters. The summed E-state index contributed by atoms with van der Waals surface area (Å²) in [6.45, 7) is 0.360. The van der Waals surface area contributed by atoms with E-state index in [0.717, 1.165) is 10.3 Å². The molecule has 2 aromatic rings. The molecule has 4 rings (SSSR count). The minimum Gasteiger partial charge on any atom is -0.623 e. The van der Waals surface area contributed by atoms with Crippen molar-refractivity contribution in [2.24, 2.45) is 0 Å². The predicted octanol–water partition coefficient (Wildman–Crippen LogP) is 1.97. The molecule has 0 spiro atoms. The number of benzene rings is 2. The van der Waals surface area contributed by atoms with Gasteiger partial charge in [-0.05, 0) is 24.3 Å². The summed E-state index contributed by atoms with van der Waals surface area (Å²) in [6.07, 6.45) is -0.491. The molecule has 7 heteroatoms. The van der Waals surface area contributed by atoms with Gasteiger partial charge in [0.2, 0.25) is 12.3 Å². The zero-order valence-electron chi connectivity index (χ0n) is 14.2. The average molecular weight is 351 g/mol. The van der Waals surface area contributed by atoms with Crippen LogP contribution in [0.25, 0.3) is 0 Å². The van der Waals surface area contributed by atoms with Crippen LogP contribution < -0.4 is 9.80 Å². The molecule has 26 heavy (non-hydrogen) atoms. The monoisotopic (exact) mass is 351 g/mol. The van der Waals surface area contributed by atoms with Crippen molar-refractivity contribution in [2.75, 3.05) is 36.5 Å². The molecule has 0 aromatic heterocycles. The lowest BCUT2D eigenvalue weighted by atomic mass is 9.98. The van der Waals surface area contributed by atoms with Crippen molar-refractivity contribution in [3.8, 4) is 0 Å². The van der Waals surface area contributed by atoms with Gasteiger partial charge in [-0.25, -0.2) is 4.79 Å². The van der Waals surface area contributed by atoms with Gasteiger partial charge in [0, 0.05) is 18.7 Å². The second kappa shape index (κ2) is 6.18. The van der Waals surface area contributed by atoms with E-state index in [9.17, 15) is 14.8 Å². The van der Waals surface area contributed by atoms with Gasteiger partial charge < -0.3 is 14.8 Å². The molecule has 2 aromatic carbocycles. The third-order valence-electron chi connectivity index (χ3n) is 4.65. The number of ether oxygens (including phenoxy) is 1. The van der Waals surface area contributed by atoms with Crippen LogP contribution in [0.15, 0.2) is 48.5 Å². The number of anilines is 2. The zero-order valence-corrected chi connectivity index (χ0v) is 14.2. The highest BCUT2D eigenvalue weighted by Crippen LogP contribution is 2.39. The lowest BCUT2D eigenvalue weighted by Gasteiger charge is -2.35. The van der Waals surface area contributed by atoms with Gasteiger partial charge in [0.15, 0.2) is 0 Å². The number of hydroxylamine groups is 1. The topological polar surface area (TPSA) is 75.9 Å². The summed E-state index contributed by atoms with van der Waals surface area (Å²) < 4.78 is 5.60. The number of carbonyl (C=O) groups is 2. The summed E-state index contributed by atoms with van der Waals surface area (Å²) in [7, 11) is 1.32. The van der Waals surface area contributed by atoms with Crippen molar-refractivity contribution in [1.82, 2.24) is 0 Å². The molecule has 2 aliphatic rings. The van der Waals surface area contributed by atoms with Gasteiger partial charge in [-0.3, -0.25) is 9.69 Å². The standard InChI is InChI=1S/C19H17N3O4/c1-26-19(24)20-10-11-21-16(23)12-22(25)17(13-6-3-2-4-7-13)14-8-5-9-15(20)18(14)21/h2-9H,10-12H2,1H3. The summed E-state index contributed by atoms with van der Waals surface area (Å²) in [5.41, 5.74) is 2.91. The molecule has 2 aliphatic heterocycles. The molecule has 132 valence electrons. The van der Waals surface area contributed by atoms with Crippen LogP contribution in [0.2, 0.25) is 0 Å². The summed E-state index contributed by atoms with van der Waals surface area (Å²) in [6, 6.07) is 14.6. The van der Waals surface area contributed by atoms with E-state index in [4.69, 9.17) is 4.74 Å². The van der Waals surface area contributed by atoms with Crippen molar-refractivity contribution >= 4 is 29.1 Å². The third-order valence-corrected chi connectivity index (χ3v) is 4.65. The van der Waals surface area contributed by atoms with E-state index in [1.807, 2.05) is 30.3 Å². The summed E-state index contributed by atoms with van der Waals surface area (Å²) in [5.74, 6) is -0.288. The van der Waals surface area contributed by atoms with E-state index in [2.05, 4.69) is 0 Å². The Morgan fingerprint density at radius 1 is 1.12 bits per heavy atom. The maximum atomic E-state index is 12.8. The minimum absolute atomic E-state index is 0.267. The Balaban J connectivity index is 1.98. The molecule has 0 saturated carbocycles. The molecule has 0 fully saturated rings. The smallest absolute Gasteiger partial charge is 0.414 e. The van der Waals surface area contributed by atoms with Crippen molar-refractivity contribution in [3.05, 3.63) is 64.9 Å². The molecule has 0 unspecified atom stereocenters.